The average molecular weight is 427 g/mol. The fourth-order valence-corrected chi connectivity index (χ4v) is 5.07. The van der Waals surface area contributed by atoms with Gasteiger partial charge >= 0.3 is 0 Å². The summed E-state index contributed by atoms with van der Waals surface area (Å²) in [6, 6.07) is 7.21. The number of carboxylic acid groups (broad SMARTS) is 1. The van der Waals surface area contributed by atoms with Crippen molar-refractivity contribution < 1.29 is 23.1 Å². The highest BCUT2D eigenvalue weighted by atomic mass is 32.2. The van der Waals surface area contributed by atoms with Crippen molar-refractivity contribution in [2.75, 3.05) is 10.0 Å². The zero-order valence-corrected chi connectivity index (χ0v) is 16.8. The van der Waals surface area contributed by atoms with Crippen molar-refractivity contribution in [1.29, 1.82) is 0 Å². The zero-order chi connectivity index (χ0) is 21.5. The Balaban J connectivity index is 1.46. The lowest BCUT2D eigenvalue weighted by Gasteiger charge is -2.27. The van der Waals surface area contributed by atoms with Gasteiger partial charge in [0.2, 0.25) is 11.9 Å². The highest BCUT2D eigenvalue weighted by Gasteiger charge is 2.48. The number of fused-ring (bicyclic) bond motifs is 2. The van der Waals surface area contributed by atoms with Gasteiger partial charge in [-0.2, -0.15) is 0 Å². The Hall–Kier alpha value is -3.27. The molecule has 156 valence electrons. The maximum absolute atomic E-state index is 12.7. The normalized spacial score (nSPS) is 24.6. The molecule has 1 saturated carbocycles. The molecule has 0 spiro atoms. The number of anilines is 2. The van der Waals surface area contributed by atoms with E-state index >= 15 is 0 Å². The average Bonchev–Trinajstić information content (AvgIpc) is 3.29. The number of hydrogen-bond donors (Lipinski definition) is 2. The summed E-state index contributed by atoms with van der Waals surface area (Å²) in [4.78, 5) is 32.0. The molecule has 2 aliphatic carbocycles. The smallest absolute Gasteiger partial charge is 0.264 e. The van der Waals surface area contributed by atoms with E-state index in [9.17, 15) is 23.1 Å². The van der Waals surface area contributed by atoms with Gasteiger partial charge in [0, 0.05) is 29.5 Å². The number of amides is 1. The van der Waals surface area contributed by atoms with Crippen molar-refractivity contribution in [2.45, 2.75) is 18.2 Å². The maximum Gasteiger partial charge on any atom is 0.264 e. The van der Waals surface area contributed by atoms with E-state index in [2.05, 4.69) is 20.0 Å². The van der Waals surface area contributed by atoms with Gasteiger partial charge in [-0.3, -0.25) is 4.79 Å². The molecule has 0 radical (unpaired) electrons. The molecule has 0 aliphatic heterocycles. The first kappa shape index (κ1) is 20.0. The number of rotatable bonds is 6. The summed E-state index contributed by atoms with van der Waals surface area (Å²) in [5.41, 5.74) is 0.987. The molecule has 30 heavy (non-hydrogen) atoms. The van der Waals surface area contributed by atoms with Gasteiger partial charge in [-0.1, -0.05) is 12.2 Å². The fraction of sp³-hybridized carbons (Fsp3) is 0.300. The standard InChI is InChI=1S/C20H20N4O5S/c1-11-8-9-21-20(22-11)24-30(28,29)15-6-4-14(5-7-15)23-18(25)16-12-2-3-13(10-12)17(16)19(26)27/h2-9,12-13,16-17H,10H2,1H3,(H,23,25)(H,26,27)(H,21,22,24)/p-1. The van der Waals surface area contributed by atoms with Crippen molar-refractivity contribution in [3.05, 3.63) is 54.4 Å². The number of benzene rings is 1. The van der Waals surface area contributed by atoms with Gasteiger partial charge in [-0.05, 0) is 55.5 Å². The summed E-state index contributed by atoms with van der Waals surface area (Å²) in [5, 5.41) is 14.2. The van der Waals surface area contributed by atoms with Crippen LogP contribution in [0.4, 0.5) is 11.6 Å². The van der Waals surface area contributed by atoms with Gasteiger partial charge < -0.3 is 15.2 Å². The summed E-state index contributed by atoms with van der Waals surface area (Å²) in [6.07, 6.45) is 5.78. The van der Waals surface area contributed by atoms with Crippen molar-refractivity contribution in [3.63, 3.8) is 0 Å². The summed E-state index contributed by atoms with van der Waals surface area (Å²) in [6.45, 7) is 1.72. The Morgan fingerprint density at radius 2 is 1.73 bits per heavy atom. The molecule has 10 heteroatoms. The second-order valence-electron chi connectivity index (χ2n) is 7.46. The van der Waals surface area contributed by atoms with Crippen LogP contribution in [0.15, 0.2) is 53.6 Å². The van der Waals surface area contributed by atoms with Crippen molar-refractivity contribution in [2.24, 2.45) is 23.7 Å². The number of carbonyl (C=O) groups excluding carboxylic acids is 2. The van der Waals surface area contributed by atoms with Gasteiger partial charge in [0.05, 0.1) is 10.8 Å². The Labute approximate surface area is 173 Å². The number of nitrogens with one attached hydrogen (secondary N) is 2. The lowest BCUT2D eigenvalue weighted by atomic mass is 9.82. The third kappa shape index (κ3) is 3.78. The van der Waals surface area contributed by atoms with Gasteiger partial charge in [-0.25, -0.2) is 23.1 Å². The van der Waals surface area contributed by atoms with E-state index in [1.807, 2.05) is 12.2 Å². The van der Waals surface area contributed by atoms with Crippen molar-refractivity contribution >= 4 is 33.5 Å². The monoisotopic (exact) mass is 427 g/mol. The van der Waals surface area contributed by atoms with Gasteiger partial charge in [0.1, 0.15) is 0 Å². The highest BCUT2D eigenvalue weighted by Crippen LogP contribution is 2.48. The number of aryl methyl sites for hydroxylation is 1. The van der Waals surface area contributed by atoms with E-state index in [1.165, 1.54) is 30.5 Å². The molecule has 2 aliphatic rings. The molecule has 2 aromatic rings. The maximum atomic E-state index is 12.7. The second-order valence-corrected chi connectivity index (χ2v) is 9.14. The largest absolute Gasteiger partial charge is 0.550 e. The Morgan fingerprint density at radius 3 is 2.37 bits per heavy atom. The number of aliphatic carboxylic acids is 1. The third-order valence-corrected chi connectivity index (χ3v) is 6.83. The highest BCUT2D eigenvalue weighted by molar-refractivity contribution is 7.92. The molecule has 4 rings (SSSR count). The van der Waals surface area contributed by atoms with Crippen LogP contribution in [0.1, 0.15) is 12.1 Å². The first-order valence-electron chi connectivity index (χ1n) is 9.37. The minimum atomic E-state index is -3.90. The first-order chi connectivity index (χ1) is 14.2. The van der Waals surface area contributed by atoms with Crippen LogP contribution in [0.2, 0.25) is 0 Å². The Morgan fingerprint density at radius 1 is 1.07 bits per heavy atom. The molecule has 2 bridgehead atoms. The predicted octanol–water partition coefficient (Wildman–Crippen LogP) is 0.713. The molecule has 1 aromatic heterocycles. The first-order valence-corrected chi connectivity index (χ1v) is 10.9. The van der Waals surface area contributed by atoms with Crippen LogP contribution in [0.5, 0.6) is 0 Å². The molecule has 9 nitrogen and oxygen atoms in total. The van der Waals surface area contributed by atoms with Crippen LogP contribution < -0.4 is 15.1 Å². The molecule has 0 saturated heterocycles. The summed E-state index contributed by atoms with van der Waals surface area (Å²) >= 11 is 0. The van der Waals surface area contributed by atoms with Crippen LogP contribution in [0, 0.1) is 30.6 Å². The molecule has 1 heterocycles. The molecule has 1 aromatic carbocycles. The van der Waals surface area contributed by atoms with E-state index in [4.69, 9.17) is 0 Å². The SMILES string of the molecule is Cc1ccnc(NS(=O)(=O)c2ccc(NC(=O)C3C4C=CC(C4)C3C(=O)[O-])cc2)n1. The second kappa shape index (κ2) is 7.52. The number of aromatic nitrogens is 2. The van der Waals surface area contributed by atoms with Crippen LogP contribution in [-0.2, 0) is 19.6 Å². The van der Waals surface area contributed by atoms with Crippen molar-refractivity contribution in [1.82, 2.24) is 9.97 Å². The minimum absolute atomic E-state index is 0.0268. The molecular weight excluding hydrogens is 408 g/mol. The molecule has 4 unspecified atom stereocenters. The van der Waals surface area contributed by atoms with Gasteiger partial charge in [-0.15, -0.1) is 0 Å². The Kier molecular flexibility index (Phi) is 5.02. The number of carboxylic acids is 1. The topological polar surface area (TPSA) is 141 Å². The molecule has 4 atom stereocenters. The van der Waals surface area contributed by atoms with Crippen molar-refractivity contribution in [3.8, 4) is 0 Å². The summed E-state index contributed by atoms with van der Waals surface area (Å²) < 4.78 is 27.3. The molecule has 1 fully saturated rings. The lowest BCUT2D eigenvalue weighted by molar-refractivity contribution is -0.313. The number of sulfonamides is 1. The van der Waals surface area contributed by atoms with E-state index in [0.29, 0.717) is 17.8 Å². The molecule has 2 N–H and O–H groups in total. The van der Waals surface area contributed by atoms with Crippen LogP contribution in [-0.4, -0.2) is 30.3 Å². The number of carbonyl (C=O) groups is 2. The number of allylic oxidation sites excluding steroid dienone is 2. The summed E-state index contributed by atoms with van der Waals surface area (Å²) in [5.74, 6) is -3.54. The fourth-order valence-electron chi connectivity index (χ4n) is 4.12. The van der Waals surface area contributed by atoms with E-state index in [0.717, 1.165) is 0 Å². The van der Waals surface area contributed by atoms with Crippen LogP contribution >= 0.6 is 0 Å². The third-order valence-electron chi connectivity index (χ3n) is 5.49. The van der Waals surface area contributed by atoms with E-state index in [1.54, 1.807) is 13.0 Å². The van der Waals surface area contributed by atoms with Crippen LogP contribution in [0.25, 0.3) is 0 Å². The van der Waals surface area contributed by atoms with Gasteiger partial charge in [0.25, 0.3) is 10.0 Å². The van der Waals surface area contributed by atoms with E-state index in [-0.39, 0.29) is 22.7 Å². The number of nitrogens with zero attached hydrogens (tertiary/aromatic N) is 2. The van der Waals surface area contributed by atoms with Crippen LogP contribution in [0.3, 0.4) is 0 Å². The molecule has 1 amide bonds. The Bertz CT molecular complexity index is 1130. The summed E-state index contributed by atoms with van der Waals surface area (Å²) in [7, 11) is -3.90. The quantitative estimate of drug-likeness (QED) is 0.647. The zero-order valence-electron chi connectivity index (χ0n) is 16.0. The van der Waals surface area contributed by atoms with E-state index < -0.39 is 33.7 Å². The van der Waals surface area contributed by atoms with Gasteiger partial charge in [0.15, 0.2) is 0 Å². The predicted molar refractivity (Wildman–Crippen MR) is 105 cm³/mol. The lowest BCUT2D eigenvalue weighted by Crippen LogP contribution is -2.42. The minimum Gasteiger partial charge on any atom is -0.550 e. The molecular formula is C20H19N4O5S-. The number of hydrogen-bond acceptors (Lipinski definition) is 7.